The second-order valence-corrected chi connectivity index (χ2v) is 5.72. The molecule has 0 fully saturated rings. The number of nitrogens with one attached hydrogen (secondary N) is 1. The van der Waals surface area contributed by atoms with Crippen LogP contribution in [0.15, 0.2) is 30.3 Å². The summed E-state index contributed by atoms with van der Waals surface area (Å²) >= 11 is 0. The Morgan fingerprint density at radius 2 is 1.80 bits per heavy atom. The lowest BCUT2D eigenvalue weighted by Gasteiger charge is -2.11. The summed E-state index contributed by atoms with van der Waals surface area (Å²) in [5.74, 6) is 0. The molecule has 0 saturated carbocycles. The number of hydrogen-bond donors (Lipinski definition) is 1. The lowest BCUT2D eigenvalue weighted by atomic mass is 10.3. The number of para-hydroxylation sites is 1. The molecule has 4 heteroatoms. The highest BCUT2D eigenvalue weighted by molar-refractivity contribution is 6.44. The number of hydrogen-bond acceptors (Lipinski definition) is 3. The van der Waals surface area contributed by atoms with Crippen LogP contribution in [-0.4, -0.2) is 30.0 Å². The van der Waals surface area contributed by atoms with E-state index in [1.165, 1.54) is 5.69 Å². The standard InChI is InChI=1S/C11H19NO2Si/c1-13-15(14-2)10-6-9-12-11-7-4-3-5-8-11/h3-5,7-8,12,15H,6,9-10H2,1-2H3. The first-order valence-electron chi connectivity index (χ1n) is 5.21. The third-order valence-corrected chi connectivity index (χ3v) is 4.18. The highest BCUT2D eigenvalue weighted by Crippen LogP contribution is 2.06. The van der Waals surface area contributed by atoms with Gasteiger partial charge in [0, 0.05) is 26.5 Å². The van der Waals surface area contributed by atoms with Gasteiger partial charge in [0.15, 0.2) is 0 Å². The van der Waals surface area contributed by atoms with Gasteiger partial charge in [-0.05, 0) is 24.6 Å². The molecule has 0 aromatic heterocycles. The van der Waals surface area contributed by atoms with Crippen molar-refractivity contribution < 1.29 is 8.85 Å². The molecule has 0 spiro atoms. The molecular weight excluding hydrogens is 206 g/mol. The lowest BCUT2D eigenvalue weighted by molar-refractivity contribution is 0.277. The van der Waals surface area contributed by atoms with Crippen LogP contribution in [0.5, 0.6) is 0 Å². The van der Waals surface area contributed by atoms with Gasteiger partial charge in [0.05, 0.1) is 0 Å². The fourth-order valence-electron chi connectivity index (χ4n) is 1.39. The molecule has 84 valence electrons. The minimum absolute atomic E-state index is 0.972. The van der Waals surface area contributed by atoms with Crippen LogP contribution >= 0.6 is 0 Å². The number of anilines is 1. The maximum atomic E-state index is 5.24. The molecule has 0 atom stereocenters. The van der Waals surface area contributed by atoms with Gasteiger partial charge < -0.3 is 14.2 Å². The Morgan fingerprint density at radius 3 is 2.40 bits per heavy atom. The quantitative estimate of drug-likeness (QED) is 0.569. The molecule has 0 unspecified atom stereocenters. The van der Waals surface area contributed by atoms with E-state index in [1.807, 2.05) is 18.2 Å². The fourth-order valence-corrected chi connectivity index (χ4v) is 2.59. The van der Waals surface area contributed by atoms with Crippen LogP contribution in [0.3, 0.4) is 0 Å². The summed E-state index contributed by atoms with van der Waals surface area (Å²) < 4.78 is 10.5. The molecule has 0 amide bonds. The Bertz CT molecular complexity index is 252. The van der Waals surface area contributed by atoms with Gasteiger partial charge in [-0.25, -0.2) is 0 Å². The molecule has 1 N–H and O–H groups in total. The summed E-state index contributed by atoms with van der Waals surface area (Å²) in [5, 5.41) is 3.36. The summed E-state index contributed by atoms with van der Waals surface area (Å²) in [6.07, 6.45) is 1.09. The van der Waals surface area contributed by atoms with Gasteiger partial charge in [-0.2, -0.15) is 0 Å². The second-order valence-electron chi connectivity index (χ2n) is 3.34. The average Bonchev–Trinajstić information content (AvgIpc) is 2.31. The zero-order chi connectivity index (χ0) is 10.9. The first-order valence-corrected chi connectivity index (χ1v) is 6.97. The Balaban J connectivity index is 2.12. The summed E-state index contributed by atoms with van der Waals surface area (Å²) in [5.41, 5.74) is 1.17. The number of rotatable bonds is 7. The molecule has 1 aromatic rings. The van der Waals surface area contributed by atoms with Crippen molar-refractivity contribution in [1.82, 2.24) is 0 Å². The van der Waals surface area contributed by atoms with Crippen LogP contribution in [0.4, 0.5) is 5.69 Å². The zero-order valence-corrected chi connectivity index (χ0v) is 10.6. The van der Waals surface area contributed by atoms with Crippen LogP contribution in [0.2, 0.25) is 6.04 Å². The van der Waals surface area contributed by atoms with Crippen molar-refractivity contribution in [2.45, 2.75) is 12.5 Å². The van der Waals surface area contributed by atoms with E-state index < -0.39 is 9.28 Å². The van der Waals surface area contributed by atoms with Crippen LogP contribution in [0.25, 0.3) is 0 Å². The normalized spacial score (nSPS) is 10.6. The molecular formula is C11H19NO2Si. The van der Waals surface area contributed by atoms with E-state index in [0.717, 1.165) is 19.0 Å². The fraction of sp³-hybridized carbons (Fsp3) is 0.455. The molecule has 1 aromatic carbocycles. The Labute approximate surface area is 93.3 Å². The van der Waals surface area contributed by atoms with E-state index in [4.69, 9.17) is 8.85 Å². The molecule has 0 saturated heterocycles. The largest absolute Gasteiger partial charge is 0.400 e. The first-order chi connectivity index (χ1) is 7.36. The lowest BCUT2D eigenvalue weighted by Crippen LogP contribution is -2.19. The number of benzene rings is 1. The Hall–Kier alpha value is -0.843. The van der Waals surface area contributed by atoms with Crippen molar-refractivity contribution in [3.8, 4) is 0 Å². The van der Waals surface area contributed by atoms with Crippen LogP contribution in [-0.2, 0) is 8.85 Å². The topological polar surface area (TPSA) is 30.5 Å². The minimum atomic E-state index is -1.36. The van der Waals surface area contributed by atoms with E-state index in [1.54, 1.807) is 14.2 Å². The monoisotopic (exact) mass is 225 g/mol. The van der Waals surface area contributed by atoms with Crippen molar-refractivity contribution in [1.29, 1.82) is 0 Å². The van der Waals surface area contributed by atoms with Crippen molar-refractivity contribution >= 4 is 15.0 Å². The van der Waals surface area contributed by atoms with Crippen LogP contribution < -0.4 is 5.32 Å². The summed E-state index contributed by atoms with van der Waals surface area (Å²) in [7, 11) is 2.10. The second kappa shape index (κ2) is 7.45. The third-order valence-electron chi connectivity index (χ3n) is 2.25. The molecule has 0 bridgehead atoms. The van der Waals surface area contributed by atoms with Crippen molar-refractivity contribution in [3.63, 3.8) is 0 Å². The van der Waals surface area contributed by atoms with Gasteiger partial charge in [0.1, 0.15) is 0 Å². The van der Waals surface area contributed by atoms with Crippen molar-refractivity contribution in [2.24, 2.45) is 0 Å². The smallest absolute Gasteiger partial charge is 0.320 e. The summed E-state index contributed by atoms with van der Waals surface area (Å²) in [4.78, 5) is 0. The van der Waals surface area contributed by atoms with Crippen LogP contribution in [0, 0.1) is 0 Å². The van der Waals surface area contributed by atoms with Gasteiger partial charge >= 0.3 is 9.28 Å². The highest BCUT2D eigenvalue weighted by Gasteiger charge is 2.07. The maximum Gasteiger partial charge on any atom is 0.320 e. The van der Waals surface area contributed by atoms with Crippen LogP contribution in [0.1, 0.15) is 6.42 Å². The molecule has 0 aliphatic rings. The van der Waals surface area contributed by atoms with E-state index in [2.05, 4.69) is 17.4 Å². The summed E-state index contributed by atoms with van der Waals surface area (Å²) in [6, 6.07) is 11.3. The van der Waals surface area contributed by atoms with E-state index in [0.29, 0.717) is 0 Å². The van der Waals surface area contributed by atoms with E-state index in [9.17, 15) is 0 Å². The van der Waals surface area contributed by atoms with E-state index in [-0.39, 0.29) is 0 Å². The van der Waals surface area contributed by atoms with Gasteiger partial charge in [-0.15, -0.1) is 0 Å². The SMILES string of the molecule is CO[SiH](CCCNc1ccccc1)OC. The minimum Gasteiger partial charge on any atom is -0.400 e. The predicted molar refractivity (Wildman–Crippen MR) is 65.5 cm³/mol. The Morgan fingerprint density at radius 1 is 1.13 bits per heavy atom. The first kappa shape index (κ1) is 12.2. The van der Waals surface area contributed by atoms with Gasteiger partial charge in [-0.3, -0.25) is 0 Å². The molecule has 0 radical (unpaired) electrons. The molecule has 0 heterocycles. The van der Waals surface area contributed by atoms with E-state index >= 15 is 0 Å². The predicted octanol–water partition coefficient (Wildman–Crippen LogP) is 2.00. The molecule has 3 nitrogen and oxygen atoms in total. The van der Waals surface area contributed by atoms with Gasteiger partial charge in [0.2, 0.25) is 0 Å². The maximum absolute atomic E-state index is 5.24. The van der Waals surface area contributed by atoms with Crippen molar-refractivity contribution in [2.75, 3.05) is 26.1 Å². The molecule has 15 heavy (non-hydrogen) atoms. The molecule has 0 aliphatic heterocycles. The third kappa shape index (κ3) is 4.97. The highest BCUT2D eigenvalue weighted by atomic mass is 28.3. The van der Waals surface area contributed by atoms with Crippen molar-refractivity contribution in [3.05, 3.63) is 30.3 Å². The van der Waals surface area contributed by atoms with Gasteiger partial charge in [-0.1, -0.05) is 18.2 Å². The average molecular weight is 225 g/mol. The Kier molecular flexibility index (Phi) is 6.07. The molecule has 1 rings (SSSR count). The summed E-state index contributed by atoms with van der Waals surface area (Å²) in [6.45, 7) is 0.972. The molecule has 0 aliphatic carbocycles. The van der Waals surface area contributed by atoms with Gasteiger partial charge in [0.25, 0.3) is 0 Å². The zero-order valence-electron chi connectivity index (χ0n) is 9.40.